The lowest BCUT2D eigenvalue weighted by Crippen LogP contribution is -2.68. The van der Waals surface area contributed by atoms with Crippen LogP contribution < -0.4 is 0 Å². The molecule has 2 fully saturated rings. The Hall–Kier alpha value is -1.55. The van der Waals surface area contributed by atoms with Gasteiger partial charge in [0.2, 0.25) is 5.91 Å². The van der Waals surface area contributed by atoms with Crippen LogP contribution in [-0.2, 0) is 21.4 Å². The predicted molar refractivity (Wildman–Crippen MR) is 98.5 cm³/mol. The van der Waals surface area contributed by atoms with Crippen molar-refractivity contribution in [3.8, 4) is 0 Å². The normalized spacial score (nSPS) is 23.3. The van der Waals surface area contributed by atoms with Gasteiger partial charge in [0.1, 0.15) is 5.82 Å². The van der Waals surface area contributed by atoms with Crippen molar-refractivity contribution >= 4 is 16.1 Å². The quantitative estimate of drug-likeness (QED) is 0.780. The SMILES string of the molecule is CN(C)S(=O)(=O)N1CC(Cc2ccccc2F)(C(=O)N2CCCC(O)C2)C1. The number of likely N-dealkylation sites (tertiary alicyclic amines) is 1. The fraction of sp³-hybridized carbons (Fsp3) is 0.611. The van der Waals surface area contributed by atoms with Crippen LogP contribution >= 0.6 is 0 Å². The molecule has 1 N–H and O–H groups in total. The van der Waals surface area contributed by atoms with E-state index in [4.69, 9.17) is 0 Å². The highest BCUT2D eigenvalue weighted by Crippen LogP contribution is 2.39. The van der Waals surface area contributed by atoms with Gasteiger partial charge in [-0.2, -0.15) is 17.0 Å². The molecular formula is C18H26FN3O4S. The number of aliphatic hydroxyl groups excluding tert-OH is 1. The molecule has 2 heterocycles. The minimum Gasteiger partial charge on any atom is -0.391 e. The summed E-state index contributed by atoms with van der Waals surface area (Å²) in [4.78, 5) is 14.9. The molecule has 27 heavy (non-hydrogen) atoms. The maximum absolute atomic E-state index is 14.2. The first-order valence-electron chi connectivity index (χ1n) is 9.04. The smallest absolute Gasteiger partial charge is 0.281 e. The van der Waals surface area contributed by atoms with E-state index in [0.717, 1.165) is 4.31 Å². The van der Waals surface area contributed by atoms with E-state index in [1.807, 2.05) is 0 Å². The zero-order valence-corrected chi connectivity index (χ0v) is 16.5. The van der Waals surface area contributed by atoms with Crippen LogP contribution in [-0.4, -0.2) is 79.3 Å². The zero-order chi connectivity index (χ0) is 19.8. The summed E-state index contributed by atoms with van der Waals surface area (Å²) in [5, 5.41) is 9.91. The van der Waals surface area contributed by atoms with Crippen molar-refractivity contribution in [2.75, 3.05) is 40.3 Å². The van der Waals surface area contributed by atoms with Crippen molar-refractivity contribution < 1.29 is 22.7 Å². The van der Waals surface area contributed by atoms with E-state index in [0.29, 0.717) is 24.9 Å². The van der Waals surface area contributed by atoms with Gasteiger partial charge >= 0.3 is 0 Å². The lowest BCUT2D eigenvalue weighted by Gasteiger charge is -2.50. The molecule has 0 radical (unpaired) electrons. The Morgan fingerprint density at radius 3 is 2.59 bits per heavy atom. The standard InChI is InChI=1S/C18H26FN3O4S/c1-20(2)27(25,26)22-12-18(13-22,10-14-6-3-4-8-16(14)19)17(24)21-9-5-7-15(23)11-21/h3-4,6,8,15,23H,5,7,9-13H2,1-2H3. The van der Waals surface area contributed by atoms with Gasteiger partial charge in [-0.05, 0) is 30.9 Å². The molecule has 0 aliphatic carbocycles. The second-order valence-electron chi connectivity index (χ2n) is 7.65. The van der Waals surface area contributed by atoms with Crippen LogP contribution in [0.15, 0.2) is 24.3 Å². The van der Waals surface area contributed by atoms with Gasteiger partial charge in [-0.15, -0.1) is 0 Å². The van der Waals surface area contributed by atoms with Gasteiger partial charge in [-0.1, -0.05) is 18.2 Å². The van der Waals surface area contributed by atoms with Gasteiger partial charge in [0, 0.05) is 40.3 Å². The van der Waals surface area contributed by atoms with Crippen LogP contribution in [0.5, 0.6) is 0 Å². The van der Waals surface area contributed by atoms with E-state index in [9.17, 15) is 22.7 Å². The number of aliphatic hydroxyl groups is 1. The number of rotatable bonds is 5. The van der Waals surface area contributed by atoms with Crippen LogP contribution in [0.4, 0.5) is 4.39 Å². The highest BCUT2D eigenvalue weighted by atomic mass is 32.2. The average molecular weight is 399 g/mol. The number of β-amino-alcohol motifs (C(OH)–C–C–N with tert-alkyl or cyclic N) is 1. The molecule has 1 unspecified atom stereocenters. The number of hydrogen-bond acceptors (Lipinski definition) is 4. The van der Waals surface area contributed by atoms with E-state index < -0.39 is 27.5 Å². The first-order chi connectivity index (χ1) is 12.7. The number of amides is 1. The van der Waals surface area contributed by atoms with Crippen LogP contribution in [0.3, 0.4) is 0 Å². The van der Waals surface area contributed by atoms with Gasteiger partial charge in [0.05, 0.1) is 11.5 Å². The highest BCUT2D eigenvalue weighted by Gasteiger charge is 2.55. The largest absolute Gasteiger partial charge is 0.391 e. The summed E-state index contributed by atoms with van der Waals surface area (Å²) >= 11 is 0. The van der Waals surface area contributed by atoms with E-state index in [-0.39, 0.29) is 32.0 Å². The highest BCUT2D eigenvalue weighted by molar-refractivity contribution is 7.86. The Kier molecular flexibility index (Phi) is 5.58. The molecule has 2 aliphatic rings. The van der Waals surface area contributed by atoms with Gasteiger partial charge in [0.15, 0.2) is 0 Å². The molecule has 1 aromatic rings. The molecule has 7 nitrogen and oxygen atoms in total. The van der Waals surface area contributed by atoms with E-state index in [1.165, 1.54) is 24.5 Å². The molecule has 1 amide bonds. The molecule has 150 valence electrons. The monoisotopic (exact) mass is 399 g/mol. The Morgan fingerprint density at radius 2 is 2.00 bits per heavy atom. The van der Waals surface area contributed by atoms with Gasteiger partial charge in [-0.25, -0.2) is 4.39 Å². The fourth-order valence-corrected chi connectivity index (χ4v) is 5.11. The molecule has 0 bridgehead atoms. The van der Waals surface area contributed by atoms with Crippen LogP contribution in [0, 0.1) is 11.2 Å². The maximum atomic E-state index is 14.2. The number of hydrogen-bond donors (Lipinski definition) is 1. The maximum Gasteiger partial charge on any atom is 0.281 e. The molecule has 3 rings (SSSR count). The Morgan fingerprint density at radius 1 is 1.33 bits per heavy atom. The molecule has 0 spiro atoms. The molecule has 2 aliphatic heterocycles. The molecule has 1 aromatic carbocycles. The van der Waals surface area contributed by atoms with Crippen LogP contribution in [0.1, 0.15) is 18.4 Å². The summed E-state index contributed by atoms with van der Waals surface area (Å²) in [6.07, 6.45) is 0.896. The summed E-state index contributed by atoms with van der Waals surface area (Å²) in [5.74, 6) is -0.619. The fourth-order valence-electron chi connectivity index (χ4n) is 3.83. The lowest BCUT2D eigenvalue weighted by atomic mass is 9.74. The van der Waals surface area contributed by atoms with E-state index >= 15 is 0 Å². The summed E-state index contributed by atoms with van der Waals surface area (Å²) < 4.78 is 41.3. The van der Waals surface area contributed by atoms with Crippen molar-refractivity contribution in [2.45, 2.75) is 25.4 Å². The number of benzene rings is 1. The Balaban J connectivity index is 1.86. The third kappa shape index (κ3) is 3.87. The first kappa shape index (κ1) is 20.2. The van der Waals surface area contributed by atoms with Crippen molar-refractivity contribution in [3.63, 3.8) is 0 Å². The number of carbonyl (C=O) groups excluding carboxylic acids is 1. The Bertz CT molecular complexity index is 809. The third-order valence-corrected chi connectivity index (χ3v) is 7.20. The first-order valence-corrected chi connectivity index (χ1v) is 10.4. The number of halogens is 1. The molecule has 2 saturated heterocycles. The summed E-state index contributed by atoms with van der Waals surface area (Å²) in [6, 6.07) is 6.25. The topological polar surface area (TPSA) is 81.2 Å². The molecule has 1 atom stereocenters. The minimum atomic E-state index is -3.64. The van der Waals surface area contributed by atoms with E-state index in [1.54, 1.807) is 23.1 Å². The van der Waals surface area contributed by atoms with Crippen LogP contribution in [0.25, 0.3) is 0 Å². The third-order valence-electron chi connectivity index (χ3n) is 5.37. The molecule has 0 saturated carbocycles. The number of nitrogens with zero attached hydrogens (tertiary/aromatic N) is 3. The van der Waals surface area contributed by atoms with Crippen molar-refractivity contribution in [1.82, 2.24) is 13.5 Å². The lowest BCUT2D eigenvalue weighted by molar-refractivity contribution is -0.152. The predicted octanol–water partition coefficient (Wildman–Crippen LogP) is 0.460. The number of carbonyl (C=O) groups is 1. The van der Waals surface area contributed by atoms with Gasteiger partial charge < -0.3 is 10.0 Å². The summed E-state index contributed by atoms with van der Waals surface area (Å²) in [5.41, 5.74) is -0.618. The van der Waals surface area contributed by atoms with Gasteiger partial charge in [0.25, 0.3) is 10.2 Å². The average Bonchev–Trinajstić information content (AvgIpc) is 2.58. The number of piperidine rings is 1. The summed E-state index contributed by atoms with van der Waals surface area (Å²) in [7, 11) is -0.757. The second-order valence-corrected chi connectivity index (χ2v) is 9.80. The summed E-state index contributed by atoms with van der Waals surface area (Å²) in [6.45, 7) is 0.772. The van der Waals surface area contributed by atoms with Gasteiger partial charge in [-0.3, -0.25) is 4.79 Å². The van der Waals surface area contributed by atoms with Crippen molar-refractivity contribution in [1.29, 1.82) is 0 Å². The van der Waals surface area contributed by atoms with E-state index in [2.05, 4.69) is 0 Å². The minimum absolute atomic E-state index is 0.00722. The molecular weight excluding hydrogens is 373 g/mol. The Labute approximate surface area is 159 Å². The zero-order valence-electron chi connectivity index (χ0n) is 15.6. The molecule has 0 aromatic heterocycles. The van der Waals surface area contributed by atoms with Crippen molar-refractivity contribution in [3.05, 3.63) is 35.6 Å². The van der Waals surface area contributed by atoms with Crippen LogP contribution in [0.2, 0.25) is 0 Å². The molecule has 9 heteroatoms. The second kappa shape index (κ2) is 7.46. The van der Waals surface area contributed by atoms with Crippen molar-refractivity contribution in [2.24, 2.45) is 5.41 Å².